The highest BCUT2D eigenvalue weighted by atomic mass is 35.5. The molecule has 1 amide bonds. The highest BCUT2D eigenvalue weighted by Crippen LogP contribution is 2.32. The van der Waals surface area contributed by atoms with E-state index in [1.807, 2.05) is 43.3 Å². The average molecular weight is 359 g/mol. The maximum atomic E-state index is 12.4. The fraction of sp³-hybridized carbons (Fsp3) is 0.158. The van der Waals surface area contributed by atoms with Crippen molar-refractivity contribution in [1.82, 2.24) is 4.98 Å². The summed E-state index contributed by atoms with van der Waals surface area (Å²) in [5, 5.41) is 4.57. The van der Waals surface area contributed by atoms with Crippen molar-refractivity contribution < 1.29 is 4.79 Å². The number of rotatable bonds is 4. The first-order chi connectivity index (χ1) is 11.5. The Kier molecular flexibility index (Phi) is 5.03. The molecule has 122 valence electrons. The van der Waals surface area contributed by atoms with Gasteiger partial charge in [-0.3, -0.25) is 4.79 Å². The van der Waals surface area contributed by atoms with Crippen LogP contribution in [0.1, 0.15) is 24.8 Å². The van der Waals surface area contributed by atoms with Gasteiger partial charge in [-0.15, -0.1) is 0 Å². The van der Waals surface area contributed by atoms with Gasteiger partial charge in [0.15, 0.2) is 0 Å². The molecule has 3 nitrogen and oxygen atoms in total. The van der Waals surface area contributed by atoms with E-state index in [0.29, 0.717) is 27.8 Å². The Labute approximate surface area is 150 Å². The molecule has 1 atom stereocenters. The average Bonchev–Trinajstić information content (AvgIpc) is 2.58. The Morgan fingerprint density at radius 2 is 1.83 bits per heavy atom. The van der Waals surface area contributed by atoms with Gasteiger partial charge in [-0.05, 0) is 35.7 Å². The molecular weight excluding hydrogens is 343 g/mol. The van der Waals surface area contributed by atoms with Crippen molar-refractivity contribution in [2.24, 2.45) is 0 Å². The Bertz CT molecular complexity index is 881. The zero-order chi connectivity index (χ0) is 17.1. The molecule has 0 saturated heterocycles. The number of fused-ring (bicyclic) bond motifs is 1. The first kappa shape index (κ1) is 16.7. The molecule has 0 aliphatic rings. The number of benzene rings is 2. The van der Waals surface area contributed by atoms with Crippen LogP contribution in [0.3, 0.4) is 0 Å². The third-order valence-corrected chi connectivity index (χ3v) is 4.44. The van der Waals surface area contributed by atoms with Crippen LogP contribution in [0.25, 0.3) is 10.9 Å². The van der Waals surface area contributed by atoms with Crippen LogP contribution in [-0.2, 0) is 4.79 Å². The molecule has 5 heteroatoms. The number of carbonyl (C=O) groups is 1. The summed E-state index contributed by atoms with van der Waals surface area (Å²) in [5.74, 6) is 0.0308. The predicted molar refractivity (Wildman–Crippen MR) is 99.9 cm³/mol. The normalized spacial score (nSPS) is 12.1. The molecule has 3 aromatic rings. The summed E-state index contributed by atoms with van der Waals surface area (Å²) in [6, 6.07) is 16.9. The maximum Gasteiger partial charge on any atom is 0.225 e. The van der Waals surface area contributed by atoms with Gasteiger partial charge in [-0.2, -0.15) is 0 Å². The maximum absolute atomic E-state index is 12.4. The first-order valence-electron chi connectivity index (χ1n) is 7.64. The van der Waals surface area contributed by atoms with E-state index < -0.39 is 0 Å². The van der Waals surface area contributed by atoms with Gasteiger partial charge in [-0.1, -0.05) is 60.5 Å². The fourth-order valence-corrected chi connectivity index (χ4v) is 3.01. The second-order valence-electron chi connectivity index (χ2n) is 5.69. The van der Waals surface area contributed by atoms with Gasteiger partial charge < -0.3 is 5.32 Å². The van der Waals surface area contributed by atoms with Gasteiger partial charge in [0.2, 0.25) is 5.91 Å². The number of nitrogens with one attached hydrogen (secondary N) is 1. The lowest BCUT2D eigenvalue weighted by Crippen LogP contribution is -2.15. The molecule has 1 aromatic heterocycles. The van der Waals surface area contributed by atoms with E-state index in [-0.39, 0.29) is 11.8 Å². The van der Waals surface area contributed by atoms with E-state index in [1.165, 1.54) is 0 Å². The van der Waals surface area contributed by atoms with Crippen molar-refractivity contribution in [2.45, 2.75) is 19.3 Å². The van der Waals surface area contributed by atoms with Crippen molar-refractivity contribution in [3.05, 3.63) is 70.3 Å². The third-order valence-electron chi connectivity index (χ3n) is 3.91. The van der Waals surface area contributed by atoms with Crippen molar-refractivity contribution in [1.29, 1.82) is 0 Å². The molecule has 1 N–H and O–H groups in total. The Balaban J connectivity index is 1.82. The summed E-state index contributed by atoms with van der Waals surface area (Å²) < 4.78 is 0. The molecular formula is C19H16Cl2N2O. The second-order valence-corrected chi connectivity index (χ2v) is 6.48. The van der Waals surface area contributed by atoms with Gasteiger partial charge in [-0.25, -0.2) is 4.98 Å². The highest BCUT2D eigenvalue weighted by Gasteiger charge is 2.14. The number of amides is 1. The quantitative estimate of drug-likeness (QED) is 0.610. The molecule has 3 rings (SSSR count). The minimum absolute atomic E-state index is 0.0873. The van der Waals surface area contributed by atoms with Gasteiger partial charge >= 0.3 is 0 Å². The molecule has 0 radical (unpaired) electrons. The second kappa shape index (κ2) is 7.20. The number of hydrogen-bond acceptors (Lipinski definition) is 2. The van der Waals surface area contributed by atoms with E-state index in [9.17, 15) is 4.79 Å². The Morgan fingerprint density at radius 1 is 1.08 bits per heavy atom. The van der Waals surface area contributed by atoms with Crippen LogP contribution in [-0.4, -0.2) is 10.9 Å². The number of carbonyl (C=O) groups excluding carboxylic acids is 1. The summed E-state index contributed by atoms with van der Waals surface area (Å²) in [4.78, 5) is 16.7. The number of pyridine rings is 1. The minimum atomic E-state index is -0.0873. The number of aromatic nitrogens is 1. The number of hydrogen-bond donors (Lipinski definition) is 1. The van der Waals surface area contributed by atoms with Crippen molar-refractivity contribution in [3.8, 4) is 0 Å². The molecule has 0 saturated carbocycles. The monoisotopic (exact) mass is 358 g/mol. The largest absolute Gasteiger partial charge is 0.324 e. The van der Waals surface area contributed by atoms with E-state index in [0.717, 1.165) is 10.9 Å². The molecule has 0 spiro atoms. The summed E-state index contributed by atoms with van der Waals surface area (Å²) in [7, 11) is 0. The number of halogens is 2. The van der Waals surface area contributed by atoms with E-state index >= 15 is 0 Å². The van der Waals surface area contributed by atoms with E-state index in [4.69, 9.17) is 23.2 Å². The minimum Gasteiger partial charge on any atom is -0.324 e. The van der Waals surface area contributed by atoms with Crippen molar-refractivity contribution >= 4 is 45.7 Å². The molecule has 0 aliphatic heterocycles. The van der Waals surface area contributed by atoms with Gasteiger partial charge in [0.05, 0.1) is 16.2 Å². The number of anilines is 1. The van der Waals surface area contributed by atoms with Crippen LogP contribution < -0.4 is 5.32 Å². The summed E-state index contributed by atoms with van der Waals surface area (Å²) >= 11 is 12.2. The number of nitrogens with zero attached hydrogens (tertiary/aromatic N) is 1. The summed E-state index contributed by atoms with van der Waals surface area (Å²) in [6.07, 6.45) is 0.373. The third kappa shape index (κ3) is 3.69. The molecule has 2 aromatic carbocycles. The molecule has 0 bridgehead atoms. The van der Waals surface area contributed by atoms with Gasteiger partial charge in [0, 0.05) is 11.8 Å². The fourth-order valence-electron chi connectivity index (χ4n) is 2.65. The molecule has 24 heavy (non-hydrogen) atoms. The van der Waals surface area contributed by atoms with Crippen molar-refractivity contribution in [2.75, 3.05) is 5.32 Å². The molecule has 1 heterocycles. The van der Waals surface area contributed by atoms with Crippen molar-refractivity contribution in [3.63, 3.8) is 0 Å². The lowest BCUT2D eigenvalue weighted by molar-refractivity contribution is -0.116. The lowest BCUT2D eigenvalue weighted by atomic mass is 9.97. The Hall–Kier alpha value is -2.10. The van der Waals surface area contributed by atoms with Crippen LogP contribution in [0.15, 0.2) is 54.6 Å². The molecule has 1 unspecified atom stereocenters. The van der Waals surface area contributed by atoms with E-state index in [1.54, 1.807) is 18.2 Å². The lowest BCUT2D eigenvalue weighted by Gasteiger charge is -2.14. The van der Waals surface area contributed by atoms with Crippen LogP contribution in [0, 0.1) is 0 Å². The van der Waals surface area contributed by atoms with Crippen LogP contribution in [0.5, 0.6) is 0 Å². The topological polar surface area (TPSA) is 42.0 Å². The predicted octanol–water partition coefficient (Wildman–Crippen LogP) is 5.67. The SMILES string of the molecule is CC(CC(=O)Nc1c(Cl)ccc2nc(Cl)ccc12)c1ccccc1. The van der Waals surface area contributed by atoms with Crippen LogP contribution in [0.4, 0.5) is 5.69 Å². The summed E-state index contributed by atoms with van der Waals surface area (Å²) in [5.41, 5.74) is 2.40. The zero-order valence-corrected chi connectivity index (χ0v) is 14.6. The molecule has 0 fully saturated rings. The van der Waals surface area contributed by atoms with Gasteiger partial charge in [0.1, 0.15) is 5.15 Å². The Morgan fingerprint density at radius 3 is 2.58 bits per heavy atom. The van der Waals surface area contributed by atoms with Gasteiger partial charge in [0.25, 0.3) is 0 Å². The highest BCUT2D eigenvalue weighted by molar-refractivity contribution is 6.35. The summed E-state index contributed by atoms with van der Waals surface area (Å²) in [6.45, 7) is 2.03. The standard InChI is InChI=1S/C19H16Cl2N2O/c1-12(13-5-3-2-4-6-13)11-18(24)23-19-14-7-10-17(21)22-16(14)9-8-15(19)20/h2-10,12H,11H2,1H3,(H,23,24). The zero-order valence-electron chi connectivity index (χ0n) is 13.1. The van der Waals surface area contributed by atoms with Crippen LogP contribution >= 0.6 is 23.2 Å². The van der Waals surface area contributed by atoms with E-state index in [2.05, 4.69) is 10.3 Å². The molecule has 0 aliphatic carbocycles. The first-order valence-corrected chi connectivity index (χ1v) is 8.40. The van der Waals surface area contributed by atoms with Crippen LogP contribution in [0.2, 0.25) is 10.2 Å². The smallest absolute Gasteiger partial charge is 0.225 e.